The summed E-state index contributed by atoms with van der Waals surface area (Å²) in [6.45, 7) is 4.37. The Morgan fingerprint density at radius 2 is 1.28 bits per heavy atom. The van der Waals surface area contributed by atoms with Gasteiger partial charge in [0.05, 0.1) is 11.3 Å². The summed E-state index contributed by atoms with van der Waals surface area (Å²) in [6, 6.07) is 42.2. The first-order valence-electron chi connectivity index (χ1n) is 12.7. The van der Waals surface area contributed by atoms with E-state index in [0.29, 0.717) is 0 Å². The van der Waals surface area contributed by atoms with Crippen molar-refractivity contribution in [2.75, 3.05) is 0 Å². The standard InChI is InChI=1S/C35H25N2.HI.Mg/c1-23-20-31-29-16-9-10-17-30(29)35-36-22-33(37(35)32(31)21-24(23)2)34-27(25-12-5-3-6-13-25)18-11-19-28(34)26-14-7-4-8-15-26;;/h3-16,18-22H,1-2H3;1H;/q-1;;+2/p-1. The van der Waals surface area contributed by atoms with E-state index in [2.05, 4.69) is 127 Å². The Morgan fingerprint density at radius 1 is 0.667 bits per heavy atom. The Morgan fingerprint density at radius 3 is 1.92 bits per heavy atom. The van der Waals surface area contributed by atoms with E-state index in [4.69, 9.17) is 4.98 Å². The maximum Gasteiger partial charge on any atom is 2.00 e. The topological polar surface area (TPSA) is 17.3 Å². The van der Waals surface area contributed by atoms with Crippen LogP contribution in [0.1, 0.15) is 11.1 Å². The van der Waals surface area contributed by atoms with Gasteiger partial charge in [-0.05, 0) is 58.7 Å². The molecule has 2 nitrogen and oxygen atoms in total. The second kappa shape index (κ2) is 11.1. The van der Waals surface area contributed by atoms with Crippen LogP contribution < -0.4 is 24.0 Å². The molecule has 0 bridgehead atoms. The summed E-state index contributed by atoms with van der Waals surface area (Å²) in [4.78, 5) is 5.03. The van der Waals surface area contributed by atoms with Crippen LogP contribution in [0.3, 0.4) is 0 Å². The largest absolute Gasteiger partial charge is 2.00 e. The smallest absolute Gasteiger partial charge is 1.00 e. The van der Waals surface area contributed by atoms with Crippen molar-refractivity contribution in [3.63, 3.8) is 0 Å². The molecular weight excluding hydrogens is 600 g/mol. The normalized spacial score (nSPS) is 10.9. The number of rotatable bonds is 3. The number of aromatic nitrogens is 2. The second-order valence-electron chi connectivity index (χ2n) is 9.68. The molecule has 7 rings (SSSR count). The van der Waals surface area contributed by atoms with Gasteiger partial charge in [0.2, 0.25) is 0 Å². The third-order valence-electron chi connectivity index (χ3n) is 7.47. The molecule has 0 saturated carbocycles. The molecule has 0 fully saturated rings. The van der Waals surface area contributed by atoms with E-state index >= 15 is 0 Å². The van der Waals surface area contributed by atoms with Gasteiger partial charge in [-0.1, -0.05) is 90.3 Å². The molecule has 0 radical (unpaired) electrons. The molecule has 0 aliphatic rings. The van der Waals surface area contributed by atoms with Crippen LogP contribution in [0.2, 0.25) is 0 Å². The van der Waals surface area contributed by atoms with Crippen molar-refractivity contribution in [1.29, 1.82) is 0 Å². The predicted molar refractivity (Wildman–Crippen MR) is 161 cm³/mol. The van der Waals surface area contributed by atoms with Gasteiger partial charge in [-0.15, -0.1) is 29.7 Å². The monoisotopic (exact) mass is 624 g/mol. The molecule has 5 aromatic carbocycles. The number of nitrogens with zero attached hydrogens (tertiary/aromatic N) is 2. The van der Waals surface area contributed by atoms with E-state index in [9.17, 15) is 0 Å². The molecule has 7 aromatic rings. The van der Waals surface area contributed by atoms with Crippen LogP contribution in [-0.2, 0) is 0 Å². The van der Waals surface area contributed by atoms with Crippen molar-refractivity contribution in [3.05, 3.63) is 133 Å². The van der Waals surface area contributed by atoms with Crippen LogP contribution >= 0.6 is 0 Å². The number of imidazole rings is 1. The summed E-state index contributed by atoms with van der Waals surface area (Å²) in [7, 11) is 0. The first-order chi connectivity index (χ1) is 18.2. The minimum atomic E-state index is 0. The molecule has 0 aliphatic carbocycles. The first kappa shape index (κ1) is 27.4. The average Bonchev–Trinajstić information content (AvgIpc) is 3.40. The maximum absolute atomic E-state index is 5.03. The minimum Gasteiger partial charge on any atom is -1.00 e. The van der Waals surface area contributed by atoms with E-state index in [0.717, 1.165) is 16.7 Å². The summed E-state index contributed by atoms with van der Waals surface area (Å²) >= 11 is 0. The quantitative estimate of drug-likeness (QED) is 0.107. The molecule has 2 heterocycles. The summed E-state index contributed by atoms with van der Waals surface area (Å²) < 4.78 is 2.34. The molecular formula is C35H25IMgN2. The van der Waals surface area contributed by atoms with Gasteiger partial charge in [0, 0.05) is 17.3 Å². The van der Waals surface area contributed by atoms with Gasteiger partial charge in [0.25, 0.3) is 0 Å². The van der Waals surface area contributed by atoms with Gasteiger partial charge in [0.15, 0.2) is 0 Å². The number of halogens is 1. The fraction of sp³-hybridized carbons (Fsp3) is 0.0571. The molecule has 0 aliphatic heterocycles. The molecule has 4 heteroatoms. The zero-order valence-electron chi connectivity index (χ0n) is 21.9. The summed E-state index contributed by atoms with van der Waals surface area (Å²) in [5, 5.41) is 3.45. The van der Waals surface area contributed by atoms with Crippen LogP contribution in [0.25, 0.3) is 60.8 Å². The Hall–Kier alpha value is -3.19. The third kappa shape index (κ3) is 4.54. The molecule has 184 valence electrons. The van der Waals surface area contributed by atoms with Gasteiger partial charge in [-0.25, -0.2) is 0 Å². The predicted octanol–water partition coefficient (Wildman–Crippen LogP) is 5.68. The zero-order chi connectivity index (χ0) is 24.9. The van der Waals surface area contributed by atoms with E-state index in [1.807, 2.05) is 12.3 Å². The molecule has 0 atom stereocenters. The van der Waals surface area contributed by atoms with Crippen LogP contribution in [0.4, 0.5) is 0 Å². The van der Waals surface area contributed by atoms with E-state index < -0.39 is 0 Å². The van der Waals surface area contributed by atoms with E-state index in [1.54, 1.807) is 0 Å². The number of hydrogen-bond acceptors (Lipinski definition) is 1. The van der Waals surface area contributed by atoms with Crippen molar-refractivity contribution in [3.8, 4) is 33.5 Å². The Bertz CT molecular complexity index is 1890. The van der Waals surface area contributed by atoms with E-state index in [1.165, 1.54) is 55.2 Å². The summed E-state index contributed by atoms with van der Waals surface area (Å²) in [5.41, 5.74) is 11.7. The second-order valence-corrected chi connectivity index (χ2v) is 9.68. The van der Waals surface area contributed by atoms with Crippen molar-refractivity contribution in [2.24, 2.45) is 0 Å². The van der Waals surface area contributed by atoms with Crippen LogP contribution in [0, 0.1) is 19.9 Å². The van der Waals surface area contributed by atoms with Gasteiger partial charge < -0.3 is 28.4 Å². The average molecular weight is 625 g/mol. The SMILES string of the molecule is Cc1cc2c3ccc[c-]c3c3ncc(-c4c(-c5ccccc5)cccc4-c4ccccc4)n3c2cc1C.[I-].[Mg+2]. The zero-order valence-corrected chi connectivity index (χ0v) is 25.5. The molecule has 0 saturated heterocycles. The number of benzene rings is 5. The van der Waals surface area contributed by atoms with Crippen molar-refractivity contribution in [1.82, 2.24) is 9.38 Å². The van der Waals surface area contributed by atoms with E-state index in [-0.39, 0.29) is 47.0 Å². The van der Waals surface area contributed by atoms with Gasteiger partial charge in [-0.3, -0.25) is 4.98 Å². The molecule has 2 aromatic heterocycles. The maximum atomic E-state index is 5.03. The third-order valence-corrected chi connectivity index (χ3v) is 7.47. The fourth-order valence-corrected chi connectivity index (χ4v) is 5.54. The van der Waals surface area contributed by atoms with Gasteiger partial charge >= 0.3 is 23.1 Å². The number of fused-ring (bicyclic) bond motifs is 6. The molecule has 0 unspecified atom stereocenters. The fourth-order valence-electron chi connectivity index (χ4n) is 5.54. The van der Waals surface area contributed by atoms with Crippen molar-refractivity contribution < 1.29 is 24.0 Å². The van der Waals surface area contributed by atoms with Gasteiger partial charge in [-0.2, -0.15) is 0 Å². The summed E-state index contributed by atoms with van der Waals surface area (Å²) in [6.07, 6.45) is 2.04. The van der Waals surface area contributed by atoms with Crippen LogP contribution in [-0.4, -0.2) is 32.4 Å². The molecule has 0 N–H and O–H groups in total. The van der Waals surface area contributed by atoms with Crippen LogP contribution in [0.15, 0.2) is 115 Å². The summed E-state index contributed by atoms with van der Waals surface area (Å²) in [5.74, 6) is 0. The van der Waals surface area contributed by atoms with Gasteiger partial charge in [0.1, 0.15) is 0 Å². The number of aryl methyl sites for hydroxylation is 2. The first-order valence-corrected chi connectivity index (χ1v) is 12.7. The number of hydrogen-bond donors (Lipinski definition) is 0. The minimum absolute atomic E-state index is 0. The molecule has 39 heavy (non-hydrogen) atoms. The Balaban J connectivity index is 0.00000154. The molecule has 0 spiro atoms. The molecule has 0 amide bonds. The van der Waals surface area contributed by atoms with Crippen molar-refractivity contribution in [2.45, 2.75) is 13.8 Å². The number of pyridine rings is 1. The Labute approximate surface area is 261 Å². The van der Waals surface area contributed by atoms with Crippen molar-refractivity contribution >= 4 is 50.4 Å². The Kier molecular flexibility index (Phi) is 7.81. The van der Waals surface area contributed by atoms with Crippen LogP contribution in [0.5, 0.6) is 0 Å².